The van der Waals surface area contributed by atoms with Gasteiger partial charge in [-0.2, -0.15) is 0 Å². The van der Waals surface area contributed by atoms with Crippen LogP contribution in [0.15, 0.2) is 29.2 Å². The van der Waals surface area contributed by atoms with Gasteiger partial charge in [0, 0.05) is 26.3 Å². The van der Waals surface area contributed by atoms with E-state index in [0.29, 0.717) is 12.2 Å². The van der Waals surface area contributed by atoms with E-state index in [1.54, 1.807) is 12.1 Å². The maximum Gasteiger partial charge on any atom is 0.242 e. The largest absolute Gasteiger partial charge is 0.326 e. The van der Waals surface area contributed by atoms with Crippen LogP contribution in [0.4, 0.5) is 5.69 Å². The van der Waals surface area contributed by atoms with Gasteiger partial charge >= 0.3 is 0 Å². The Kier molecular flexibility index (Phi) is 4.97. The van der Waals surface area contributed by atoms with Crippen molar-refractivity contribution in [3.8, 4) is 0 Å². The minimum Gasteiger partial charge on any atom is -0.326 e. The van der Waals surface area contributed by atoms with Crippen molar-refractivity contribution < 1.29 is 13.2 Å². The van der Waals surface area contributed by atoms with Crippen molar-refractivity contribution in [3.63, 3.8) is 0 Å². The highest BCUT2D eigenvalue weighted by atomic mass is 32.2. The lowest BCUT2D eigenvalue weighted by Crippen LogP contribution is -2.37. The van der Waals surface area contributed by atoms with Gasteiger partial charge in [0.25, 0.3) is 0 Å². The quantitative estimate of drug-likeness (QED) is 0.865. The molecule has 0 radical (unpaired) electrons. The number of rotatable bonds is 4. The van der Waals surface area contributed by atoms with Gasteiger partial charge < -0.3 is 10.6 Å². The maximum atomic E-state index is 12.1. The lowest BCUT2D eigenvalue weighted by Gasteiger charge is -2.22. The number of benzene rings is 1. The summed E-state index contributed by atoms with van der Waals surface area (Å²) in [5, 5.41) is 6.03. The van der Waals surface area contributed by atoms with Gasteiger partial charge in [-0.15, -0.1) is 0 Å². The number of nitrogens with zero attached hydrogens (tertiary/aromatic N) is 1. The zero-order valence-corrected chi connectivity index (χ0v) is 13.1. The van der Waals surface area contributed by atoms with Gasteiger partial charge in [-0.05, 0) is 43.7 Å². The van der Waals surface area contributed by atoms with E-state index in [9.17, 15) is 13.2 Å². The Morgan fingerprint density at radius 2 is 1.95 bits per heavy atom. The SMILES string of the molecule is CN(C)S(=O)(=O)c1ccc(NC(=O)[C@@H]2CCCNC2)cc1. The summed E-state index contributed by atoms with van der Waals surface area (Å²) < 4.78 is 25.0. The van der Waals surface area contributed by atoms with Crippen molar-refractivity contribution in [1.82, 2.24) is 9.62 Å². The number of hydrogen-bond acceptors (Lipinski definition) is 4. The molecule has 1 fully saturated rings. The topological polar surface area (TPSA) is 78.5 Å². The lowest BCUT2D eigenvalue weighted by molar-refractivity contribution is -0.120. The molecule has 2 N–H and O–H groups in total. The molecule has 1 saturated heterocycles. The van der Waals surface area contributed by atoms with Crippen molar-refractivity contribution >= 4 is 21.6 Å². The summed E-state index contributed by atoms with van der Waals surface area (Å²) in [6, 6.07) is 6.24. The third kappa shape index (κ3) is 3.81. The molecule has 7 heteroatoms. The Balaban J connectivity index is 2.04. The van der Waals surface area contributed by atoms with E-state index in [4.69, 9.17) is 0 Å². The third-order valence-corrected chi connectivity index (χ3v) is 5.40. The maximum absolute atomic E-state index is 12.1. The Bertz CT molecular complexity index is 590. The van der Waals surface area contributed by atoms with Crippen LogP contribution >= 0.6 is 0 Å². The molecule has 0 bridgehead atoms. The van der Waals surface area contributed by atoms with Crippen LogP contribution in [0.1, 0.15) is 12.8 Å². The van der Waals surface area contributed by atoms with Crippen molar-refractivity contribution in [2.24, 2.45) is 5.92 Å². The molecule has 1 aromatic carbocycles. The Hall–Kier alpha value is -1.44. The highest BCUT2D eigenvalue weighted by molar-refractivity contribution is 7.89. The first-order valence-corrected chi connectivity index (χ1v) is 8.39. The van der Waals surface area contributed by atoms with Crippen molar-refractivity contribution in [2.75, 3.05) is 32.5 Å². The molecule has 1 heterocycles. The normalized spacial score (nSPS) is 19.5. The smallest absolute Gasteiger partial charge is 0.242 e. The summed E-state index contributed by atoms with van der Waals surface area (Å²) in [7, 11) is -0.458. The number of carbonyl (C=O) groups is 1. The third-order valence-electron chi connectivity index (χ3n) is 3.57. The molecular formula is C14H21N3O3S. The highest BCUT2D eigenvalue weighted by Crippen LogP contribution is 2.18. The van der Waals surface area contributed by atoms with Crippen molar-refractivity contribution in [3.05, 3.63) is 24.3 Å². The zero-order valence-electron chi connectivity index (χ0n) is 12.3. The van der Waals surface area contributed by atoms with Crippen LogP contribution < -0.4 is 10.6 Å². The number of hydrogen-bond donors (Lipinski definition) is 2. The predicted molar refractivity (Wildman–Crippen MR) is 81.5 cm³/mol. The zero-order chi connectivity index (χ0) is 15.5. The molecule has 1 aliphatic heterocycles. The molecule has 1 aromatic rings. The fourth-order valence-corrected chi connectivity index (χ4v) is 3.14. The average molecular weight is 311 g/mol. The summed E-state index contributed by atoms with van der Waals surface area (Å²) in [6.07, 6.45) is 1.88. The lowest BCUT2D eigenvalue weighted by atomic mass is 9.99. The molecule has 0 saturated carbocycles. The number of piperidine rings is 1. The Morgan fingerprint density at radius 3 is 2.48 bits per heavy atom. The highest BCUT2D eigenvalue weighted by Gasteiger charge is 2.21. The molecule has 1 atom stereocenters. The van der Waals surface area contributed by atoms with E-state index in [1.807, 2.05) is 0 Å². The summed E-state index contributed by atoms with van der Waals surface area (Å²) in [6.45, 7) is 1.65. The second kappa shape index (κ2) is 6.55. The fourth-order valence-electron chi connectivity index (χ4n) is 2.24. The summed E-state index contributed by atoms with van der Waals surface area (Å²) >= 11 is 0. The second-order valence-corrected chi connectivity index (χ2v) is 7.50. The molecule has 0 unspecified atom stereocenters. The van der Waals surface area contributed by atoms with Gasteiger partial charge in [-0.25, -0.2) is 12.7 Å². The molecule has 2 rings (SSSR count). The Morgan fingerprint density at radius 1 is 1.29 bits per heavy atom. The van der Waals surface area contributed by atoms with Gasteiger partial charge in [0.1, 0.15) is 0 Å². The van der Waals surface area contributed by atoms with Gasteiger partial charge in [-0.3, -0.25) is 4.79 Å². The predicted octanol–water partition coefficient (Wildman–Crippen LogP) is 0.875. The van der Waals surface area contributed by atoms with E-state index in [0.717, 1.165) is 23.7 Å². The number of nitrogens with one attached hydrogen (secondary N) is 2. The molecule has 1 amide bonds. The van der Waals surface area contributed by atoms with Gasteiger partial charge in [0.2, 0.25) is 15.9 Å². The molecule has 1 aliphatic rings. The van der Waals surface area contributed by atoms with Gasteiger partial charge in [0.05, 0.1) is 10.8 Å². The van der Waals surface area contributed by atoms with E-state index < -0.39 is 10.0 Å². The molecule has 0 aliphatic carbocycles. The monoisotopic (exact) mass is 311 g/mol. The summed E-state index contributed by atoms with van der Waals surface area (Å²) in [5.74, 6) is -0.0469. The molecule has 21 heavy (non-hydrogen) atoms. The summed E-state index contributed by atoms with van der Waals surface area (Å²) in [5.41, 5.74) is 0.614. The number of anilines is 1. The van der Waals surface area contributed by atoms with E-state index in [1.165, 1.54) is 26.2 Å². The fraction of sp³-hybridized carbons (Fsp3) is 0.500. The molecule has 116 valence electrons. The molecular weight excluding hydrogens is 290 g/mol. The van der Waals surface area contributed by atoms with Crippen LogP contribution in [-0.4, -0.2) is 45.8 Å². The van der Waals surface area contributed by atoms with E-state index >= 15 is 0 Å². The number of carbonyl (C=O) groups excluding carboxylic acids is 1. The molecule has 6 nitrogen and oxygen atoms in total. The van der Waals surface area contributed by atoms with Gasteiger partial charge in [-0.1, -0.05) is 0 Å². The Labute approximate surface area is 125 Å². The first-order valence-electron chi connectivity index (χ1n) is 6.95. The first kappa shape index (κ1) is 15.9. The van der Waals surface area contributed by atoms with Crippen molar-refractivity contribution in [1.29, 1.82) is 0 Å². The van der Waals surface area contributed by atoms with Crippen LogP contribution in [0.2, 0.25) is 0 Å². The van der Waals surface area contributed by atoms with Crippen molar-refractivity contribution in [2.45, 2.75) is 17.7 Å². The standard InChI is InChI=1S/C14H21N3O3S/c1-17(2)21(19,20)13-7-5-12(6-8-13)16-14(18)11-4-3-9-15-10-11/h5-8,11,15H,3-4,9-10H2,1-2H3,(H,16,18)/t11-/m1/s1. The average Bonchev–Trinajstić information content (AvgIpc) is 2.48. The van der Waals surface area contributed by atoms with Crippen LogP contribution in [0.25, 0.3) is 0 Å². The van der Waals surface area contributed by atoms with Crippen LogP contribution in [-0.2, 0) is 14.8 Å². The van der Waals surface area contributed by atoms with Crippen LogP contribution in [0, 0.1) is 5.92 Å². The minimum atomic E-state index is -3.43. The second-order valence-electron chi connectivity index (χ2n) is 5.34. The molecule has 0 spiro atoms. The molecule has 0 aromatic heterocycles. The van der Waals surface area contributed by atoms with Gasteiger partial charge in [0.15, 0.2) is 0 Å². The number of sulfonamides is 1. The van der Waals surface area contributed by atoms with E-state index in [2.05, 4.69) is 10.6 Å². The minimum absolute atomic E-state index is 0.0228. The van der Waals surface area contributed by atoms with Crippen LogP contribution in [0.5, 0.6) is 0 Å². The first-order chi connectivity index (χ1) is 9.91. The summed E-state index contributed by atoms with van der Waals surface area (Å²) in [4.78, 5) is 12.3. The number of amides is 1. The van der Waals surface area contributed by atoms with Crippen LogP contribution in [0.3, 0.4) is 0 Å². The van der Waals surface area contributed by atoms with E-state index in [-0.39, 0.29) is 16.7 Å².